The van der Waals surface area contributed by atoms with Crippen molar-refractivity contribution in [1.29, 1.82) is 0 Å². The number of aromatic amines is 1. The van der Waals surface area contributed by atoms with Crippen LogP contribution in [0.5, 0.6) is 0 Å². The minimum absolute atomic E-state index is 0.350. The third-order valence-electron chi connectivity index (χ3n) is 1.94. The van der Waals surface area contributed by atoms with Gasteiger partial charge in [-0.3, -0.25) is 9.78 Å². The molecule has 1 aliphatic heterocycles. The maximum atomic E-state index is 11.1. The van der Waals surface area contributed by atoms with E-state index in [-0.39, 0.29) is 11.2 Å². The van der Waals surface area contributed by atoms with Crippen molar-refractivity contribution < 1.29 is 0 Å². The van der Waals surface area contributed by atoms with E-state index < -0.39 is 0 Å². The van der Waals surface area contributed by atoms with Crippen LogP contribution in [0.4, 0.5) is 0 Å². The summed E-state index contributed by atoms with van der Waals surface area (Å²) >= 11 is 0. The molecule has 0 bridgehead atoms. The number of hydrogen-bond donors (Lipinski definition) is 1. The molecular formula is C7H9N3O2. The zero-order valence-corrected chi connectivity index (χ0v) is 6.49. The van der Waals surface area contributed by atoms with E-state index in [0.29, 0.717) is 0 Å². The van der Waals surface area contributed by atoms with Crippen LogP contribution in [0.1, 0.15) is 6.42 Å². The number of aromatic nitrogens is 2. The van der Waals surface area contributed by atoms with E-state index in [9.17, 15) is 9.59 Å². The average molecular weight is 167 g/mol. The van der Waals surface area contributed by atoms with Crippen LogP contribution in [0.15, 0.2) is 21.9 Å². The first-order valence-electron chi connectivity index (χ1n) is 3.84. The lowest BCUT2D eigenvalue weighted by molar-refractivity contribution is 0.452. The summed E-state index contributed by atoms with van der Waals surface area (Å²) in [6.45, 7) is 1.76. The van der Waals surface area contributed by atoms with Crippen LogP contribution in [0.25, 0.3) is 0 Å². The summed E-state index contributed by atoms with van der Waals surface area (Å²) in [4.78, 5) is 24.0. The smallest absolute Gasteiger partial charge is 0.309 e. The molecule has 1 fully saturated rings. The molecule has 1 saturated heterocycles. The predicted octanol–water partition coefficient (Wildman–Crippen LogP) is -1.12. The Kier molecular flexibility index (Phi) is 1.49. The summed E-state index contributed by atoms with van der Waals surface area (Å²) in [6, 6.07) is 1.35. The molecule has 2 heterocycles. The third-order valence-corrected chi connectivity index (χ3v) is 1.94. The Hall–Kier alpha value is -1.52. The van der Waals surface area contributed by atoms with Gasteiger partial charge in [-0.15, -0.1) is 0 Å². The van der Waals surface area contributed by atoms with Crippen LogP contribution in [-0.2, 0) is 0 Å². The second-order valence-corrected chi connectivity index (χ2v) is 2.76. The van der Waals surface area contributed by atoms with Gasteiger partial charge in [-0.05, 0) is 6.42 Å². The fraction of sp³-hybridized carbons (Fsp3) is 0.429. The summed E-state index contributed by atoms with van der Waals surface area (Å²) in [6.07, 6.45) is 2.60. The Morgan fingerprint density at radius 2 is 2.08 bits per heavy atom. The monoisotopic (exact) mass is 167 g/mol. The van der Waals surface area contributed by atoms with Gasteiger partial charge in [-0.25, -0.2) is 9.47 Å². The van der Waals surface area contributed by atoms with Gasteiger partial charge in [0.1, 0.15) is 0 Å². The van der Waals surface area contributed by atoms with Crippen molar-refractivity contribution in [2.24, 2.45) is 0 Å². The molecule has 1 aliphatic rings. The summed E-state index contributed by atoms with van der Waals surface area (Å²) in [7, 11) is 0. The zero-order chi connectivity index (χ0) is 8.55. The Labute approximate surface area is 68.2 Å². The van der Waals surface area contributed by atoms with Crippen LogP contribution in [0, 0.1) is 0 Å². The molecule has 0 amide bonds. The number of nitrogens with one attached hydrogen (secondary N) is 1. The number of nitrogens with zero attached hydrogens (tertiary/aromatic N) is 2. The van der Waals surface area contributed by atoms with Crippen LogP contribution >= 0.6 is 0 Å². The van der Waals surface area contributed by atoms with Crippen molar-refractivity contribution in [3.8, 4) is 0 Å². The fourth-order valence-electron chi connectivity index (χ4n) is 1.15. The molecule has 0 radical (unpaired) electrons. The van der Waals surface area contributed by atoms with Gasteiger partial charge in [0.2, 0.25) is 0 Å². The first-order valence-corrected chi connectivity index (χ1v) is 3.84. The fourth-order valence-corrected chi connectivity index (χ4v) is 1.15. The lowest BCUT2D eigenvalue weighted by Gasteiger charge is -2.33. The van der Waals surface area contributed by atoms with E-state index in [4.69, 9.17) is 0 Å². The van der Waals surface area contributed by atoms with Crippen LogP contribution < -0.4 is 16.3 Å². The molecule has 0 unspecified atom stereocenters. The van der Waals surface area contributed by atoms with Gasteiger partial charge in [0.15, 0.2) is 0 Å². The van der Waals surface area contributed by atoms with Crippen molar-refractivity contribution >= 4 is 0 Å². The van der Waals surface area contributed by atoms with E-state index in [1.807, 2.05) is 5.01 Å². The van der Waals surface area contributed by atoms with Gasteiger partial charge in [-0.2, -0.15) is 0 Å². The van der Waals surface area contributed by atoms with Crippen molar-refractivity contribution in [2.45, 2.75) is 6.42 Å². The van der Waals surface area contributed by atoms with Crippen molar-refractivity contribution in [2.75, 3.05) is 18.1 Å². The molecule has 1 aromatic heterocycles. The maximum Gasteiger partial charge on any atom is 0.347 e. The molecule has 64 valence electrons. The summed E-state index contributed by atoms with van der Waals surface area (Å²) in [5, 5.41) is 1.87. The van der Waals surface area contributed by atoms with Crippen molar-refractivity contribution in [1.82, 2.24) is 9.66 Å². The molecule has 0 spiro atoms. The highest BCUT2D eigenvalue weighted by atomic mass is 16.2. The first kappa shape index (κ1) is 7.15. The molecule has 5 heteroatoms. The molecule has 1 N–H and O–H groups in total. The topological polar surface area (TPSA) is 58.1 Å². The van der Waals surface area contributed by atoms with Crippen LogP contribution in [-0.4, -0.2) is 22.7 Å². The highest BCUT2D eigenvalue weighted by Gasteiger charge is 2.14. The van der Waals surface area contributed by atoms with Gasteiger partial charge in [0.05, 0.1) is 0 Å². The van der Waals surface area contributed by atoms with Crippen LogP contribution in [0.3, 0.4) is 0 Å². The van der Waals surface area contributed by atoms with Crippen LogP contribution in [0.2, 0.25) is 0 Å². The standard InChI is InChI=1S/C7H9N3O2/c11-6-2-5-10(7(12)8-6)9-3-1-4-9/h2,5H,1,3-4H2,(H,8,11,12). The largest absolute Gasteiger partial charge is 0.347 e. The summed E-state index contributed by atoms with van der Waals surface area (Å²) < 4.78 is 1.44. The van der Waals surface area contributed by atoms with E-state index >= 15 is 0 Å². The Bertz CT molecular complexity index is 388. The lowest BCUT2D eigenvalue weighted by Crippen LogP contribution is -2.51. The lowest BCUT2D eigenvalue weighted by atomic mass is 10.3. The Morgan fingerprint density at radius 3 is 2.58 bits per heavy atom. The van der Waals surface area contributed by atoms with E-state index in [1.165, 1.54) is 16.9 Å². The average Bonchev–Trinajstić information content (AvgIpc) is 1.91. The minimum Gasteiger partial charge on any atom is -0.309 e. The van der Waals surface area contributed by atoms with E-state index in [2.05, 4.69) is 4.98 Å². The highest BCUT2D eigenvalue weighted by molar-refractivity contribution is 4.97. The van der Waals surface area contributed by atoms with Gasteiger partial charge >= 0.3 is 5.69 Å². The number of rotatable bonds is 1. The predicted molar refractivity (Wildman–Crippen MR) is 43.9 cm³/mol. The third kappa shape index (κ3) is 1.03. The van der Waals surface area contributed by atoms with Crippen molar-refractivity contribution in [3.05, 3.63) is 33.1 Å². The van der Waals surface area contributed by atoms with Gasteiger partial charge in [-0.1, -0.05) is 0 Å². The normalized spacial score (nSPS) is 15.8. The highest BCUT2D eigenvalue weighted by Crippen LogP contribution is 2.00. The number of hydrogen-bond acceptors (Lipinski definition) is 3. The molecule has 1 aromatic rings. The molecule has 12 heavy (non-hydrogen) atoms. The second kappa shape index (κ2) is 2.51. The first-order chi connectivity index (χ1) is 5.77. The Balaban J connectivity index is 2.44. The summed E-state index contributed by atoms with van der Waals surface area (Å²) in [5.74, 6) is 0. The molecule has 0 aliphatic carbocycles. The SMILES string of the molecule is O=c1ccn(N2CCC2)c(=O)[nH]1. The van der Waals surface area contributed by atoms with Gasteiger partial charge in [0.25, 0.3) is 5.56 Å². The molecule has 0 saturated carbocycles. The van der Waals surface area contributed by atoms with E-state index in [0.717, 1.165) is 19.5 Å². The molecule has 0 aromatic carbocycles. The summed E-state index contributed by atoms with van der Waals surface area (Å²) in [5.41, 5.74) is -0.709. The quantitative estimate of drug-likeness (QED) is 0.576. The zero-order valence-electron chi connectivity index (χ0n) is 6.49. The maximum absolute atomic E-state index is 11.1. The van der Waals surface area contributed by atoms with Gasteiger partial charge < -0.3 is 5.01 Å². The minimum atomic E-state index is -0.359. The Morgan fingerprint density at radius 1 is 1.33 bits per heavy atom. The van der Waals surface area contributed by atoms with E-state index in [1.54, 1.807) is 0 Å². The molecular weight excluding hydrogens is 158 g/mol. The molecule has 0 atom stereocenters. The van der Waals surface area contributed by atoms with Crippen molar-refractivity contribution in [3.63, 3.8) is 0 Å². The molecule has 5 nitrogen and oxygen atoms in total. The van der Waals surface area contributed by atoms with Gasteiger partial charge in [0, 0.05) is 25.4 Å². The number of H-pyrrole nitrogens is 1. The second-order valence-electron chi connectivity index (χ2n) is 2.76. The molecule has 2 rings (SSSR count).